The van der Waals surface area contributed by atoms with Crippen LogP contribution in [0.1, 0.15) is 11.1 Å². The maximum Gasteiger partial charge on any atom is 0.234 e. The molecule has 1 heterocycles. The fourth-order valence-corrected chi connectivity index (χ4v) is 3.22. The Bertz CT molecular complexity index is 628. The number of benzene rings is 2. The minimum Gasteiger partial charge on any atom is -0.325 e. The second-order valence-corrected chi connectivity index (χ2v) is 6.07. The van der Waals surface area contributed by atoms with Gasteiger partial charge in [-0.2, -0.15) is 0 Å². The molecule has 0 bridgehead atoms. The highest BCUT2D eigenvalue weighted by molar-refractivity contribution is 8.00. The van der Waals surface area contributed by atoms with Crippen molar-refractivity contribution in [3.05, 3.63) is 59.7 Å². The molecule has 0 saturated heterocycles. The van der Waals surface area contributed by atoms with E-state index in [1.54, 1.807) is 11.8 Å². The van der Waals surface area contributed by atoms with E-state index in [9.17, 15) is 4.79 Å². The van der Waals surface area contributed by atoms with Gasteiger partial charge in [-0.25, -0.2) is 0 Å². The summed E-state index contributed by atoms with van der Waals surface area (Å²) >= 11 is 1.56. The molecule has 0 aromatic heterocycles. The van der Waals surface area contributed by atoms with Crippen LogP contribution in [0, 0.1) is 0 Å². The van der Waals surface area contributed by atoms with Crippen molar-refractivity contribution in [2.75, 3.05) is 17.6 Å². The van der Waals surface area contributed by atoms with E-state index in [1.165, 1.54) is 11.1 Å². The summed E-state index contributed by atoms with van der Waals surface area (Å²) in [5.41, 5.74) is 3.52. The van der Waals surface area contributed by atoms with E-state index in [1.807, 2.05) is 42.5 Å². The second-order valence-electron chi connectivity index (χ2n) is 5.02. The average molecular weight is 298 g/mol. The Morgan fingerprint density at radius 1 is 1.14 bits per heavy atom. The molecule has 0 radical (unpaired) electrons. The van der Waals surface area contributed by atoms with Gasteiger partial charge in [-0.05, 0) is 42.3 Å². The number of fused-ring (bicyclic) bond motifs is 1. The lowest BCUT2D eigenvalue weighted by Crippen LogP contribution is -2.25. The van der Waals surface area contributed by atoms with Crippen LogP contribution in [0.5, 0.6) is 0 Å². The monoisotopic (exact) mass is 298 g/mol. The lowest BCUT2D eigenvalue weighted by Gasteiger charge is -2.20. The number of carbonyl (C=O) groups is 1. The number of hydrogen-bond acceptors (Lipinski definition) is 3. The fourth-order valence-electron chi connectivity index (χ4n) is 2.50. The first-order valence-electron chi connectivity index (χ1n) is 7.12. The lowest BCUT2D eigenvalue weighted by molar-refractivity contribution is -0.113. The Morgan fingerprint density at radius 2 is 2.00 bits per heavy atom. The molecule has 0 saturated carbocycles. The van der Waals surface area contributed by atoms with Gasteiger partial charge in [0.25, 0.3) is 0 Å². The van der Waals surface area contributed by atoms with E-state index in [4.69, 9.17) is 0 Å². The van der Waals surface area contributed by atoms with E-state index in [2.05, 4.69) is 16.7 Å². The molecular weight excluding hydrogens is 280 g/mol. The van der Waals surface area contributed by atoms with Crippen molar-refractivity contribution in [1.29, 1.82) is 0 Å². The third kappa shape index (κ3) is 3.65. The summed E-state index contributed by atoms with van der Waals surface area (Å²) in [5, 5.41) is 6.40. The molecule has 0 spiro atoms. The SMILES string of the molecule is O=C(CSc1ccccc1)Nc1cccc2c1CCNC2. The molecule has 2 aromatic rings. The van der Waals surface area contributed by atoms with Crippen molar-refractivity contribution in [3.63, 3.8) is 0 Å². The van der Waals surface area contributed by atoms with Gasteiger partial charge in [0.15, 0.2) is 0 Å². The van der Waals surface area contributed by atoms with Crippen LogP contribution in [-0.2, 0) is 17.8 Å². The molecule has 0 atom stereocenters. The van der Waals surface area contributed by atoms with Gasteiger partial charge in [-0.15, -0.1) is 11.8 Å². The minimum absolute atomic E-state index is 0.0517. The zero-order valence-corrected chi connectivity index (χ0v) is 12.6. The van der Waals surface area contributed by atoms with Crippen LogP contribution >= 0.6 is 11.8 Å². The standard InChI is InChI=1S/C17H18N2OS/c20-17(12-21-14-6-2-1-3-7-14)19-16-8-4-5-13-11-18-10-9-15(13)16/h1-8,18H,9-12H2,(H,19,20). The molecule has 0 unspecified atom stereocenters. The average Bonchev–Trinajstić information content (AvgIpc) is 2.54. The molecule has 2 N–H and O–H groups in total. The number of nitrogens with one attached hydrogen (secondary N) is 2. The van der Waals surface area contributed by atoms with Crippen molar-refractivity contribution >= 4 is 23.4 Å². The van der Waals surface area contributed by atoms with Gasteiger partial charge in [0.2, 0.25) is 5.91 Å². The molecule has 21 heavy (non-hydrogen) atoms. The molecule has 1 aliphatic heterocycles. The van der Waals surface area contributed by atoms with Gasteiger partial charge in [-0.1, -0.05) is 30.3 Å². The van der Waals surface area contributed by atoms with Crippen molar-refractivity contribution in [1.82, 2.24) is 5.32 Å². The van der Waals surface area contributed by atoms with E-state index >= 15 is 0 Å². The maximum atomic E-state index is 12.1. The molecule has 4 heteroatoms. The highest BCUT2D eigenvalue weighted by Crippen LogP contribution is 2.24. The van der Waals surface area contributed by atoms with Gasteiger partial charge in [0.1, 0.15) is 0 Å². The second kappa shape index (κ2) is 6.78. The number of anilines is 1. The van der Waals surface area contributed by atoms with Crippen molar-refractivity contribution in [3.8, 4) is 0 Å². The van der Waals surface area contributed by atoms with Crippen molar-refractivity contribution in [2.24, 2.45) is 0 Å². The third-order valence-corrected chi connectivity index (χ3v) is 4.54. The molecular formula is C17H18N2OS. The number of thioether (sulfide) groups is 1. The van der Waals surface area contributed by atoms with E-state index in [0.29, 0.717) is 5.75 Å². The van der Waals surface area contributed by atoms with Crippen LogP contribution in [0.2, 0.25) is 0 Å². The molecule has 1 aliphatic rings. The number of amides is 1. The summed E-state index contributed by atoms with van der Waals surface area (Å²) in [5.74, 6) is 0.488. The summed E-state index contributed by atoms with van der Waals surface area (Å²) in [6, 6.07) is 16.1. The Hall–Kier alpha value is -1.78. The third-order valence-electron chi connectivity index (χ3n) is 3.53. The Morgan fingerprint density at radius 3 is 2.86 bits per heavy atom. The highest BCUT2D eigenvalue weighted by Gasteiger charge is 2.14. The predicted octanol–water partition coefficient (Wildman–Crippen LogP) is 3.06. The predicted molar refractivity (Wildman–Crippen MR) is 87.6 cm³/mol. The molecule has 108 valence electrons. The first-order valence-corrected chi connectivity index (χ1v) is 8.10. The normalized spacial score (nSPS) is 13.5. The zero-order chi connectivity index (χ0) is 14.5. The molecule has 2 aromatic carbocycles. The van der Waals surface area contributed by atoms with Crippen LogP contribution in [0.3, 0.4) is 0 Å². The van der Waals surface area contributed by atoms with Crippen molar-refractivity contribution < 1.29 is 4.79 Å². The molecule has 0 aliphatic carbocycles. The first-order chi connectivity index (χ1) is 10.3. The van der Waals surface area contributed by atoms with Crippen LogP contribution < -0.4 is 10.6 Å². The van der Waals surface area contributed by atoms with Crippen LogP contribution in [-0.4, -0.2) is 18.2 Å². The summed E-state index contributed by atoms with van der Waals surface area (Å²) in [7, 11) is 0. The maximum absolute atomic E-state index is 12.1. The first kappa shape index (κ1) is 14.2. The van der Waals surface area contributed by atoms with Crippen LogP contribution in [0.15, 0.2) is 53.4 Å². The highest BCUT2D eigenvalue weighted by atomic mass is 32.2. The lowest BCUT2D eigenvalue weighted by atomic mass is 9.99. The molecule has 0 fully saturated rings. The summed E-state index contributed by atoms with van der Waals surface area (Å²) in [6.07, 6.45) is 0.970. The van der Waals surface area contributed by atoms with Gasteiger partial charge < -0.3 is 10.6 Å². The number of carbonyl (C=O) groups excluding carboxylic acids is 1. The van der Waals surface area contributed by atoms with E-state index < -0.39 is 0 Å². The fraction of sp³-hybridized carbons (Fsp3) is 0.235. The number of hydrogen-bond donors (Lipinski definition) is 2. The Balaban J connectivity index is 1.63. The Kier molecular flexibility index (Phi) is 4.58. The quantitative estimate of drug-likeness (QED) is 0.852. The van der Waals surface area contributed by atoms with Gasteiger partial charge in [0, 0.05) is 17.1 Å². The van der Waals surface area contributed by atoms with E-state index in [0.717, 1.165) is 30.1 Å². The summed E-state index contributed by atoms with van der Waals surface area (Å²) < 4.78 is 0. The largest absolute Gasteiger partial charge is 0.325 e. The van der Waals surface area contributed by atoms with Gasteiger partial charge in [-0.3, -0.25) is 4.79 Å². The zero-order valence-electron chi connectivity index (χ0n) is 11.8. The Labute approximate surface area is 129 Å². The number of rotatable bonds is 4. The topological polar surface area (TPSA) is 41.1 Å². The summed E-state index contributed by atoms with van der Waals surface area (Å²) in [4.78, 5) is 13.2. The van der Waals surface area contributed by atoms with Crippen molar-refractivity contribution in [2.45, 2.75) is 17.9 Å². The van der Waals surface area contributed by atoms with Crippen LogP contribution in [0.4, 0.5) is 5.69 Å². The summed E-state index contributed by atoms with van der Waals surface area (Å²) in [6.45, 7) is 1.86. The smallest absolute Gasteiger partial charge is 0.234 e. The van der Waals surface area contributed by atoms with Gasteiger partial charge in [0.05, 0.1) is 5.75 Å². The minimum atomic E-state index is 0.0517. The van der Waals surface area contributed by atoms with Crippen LogP contribution in [0.25, 0.3) is 0 Å². The molecule has 3 rings (SSSR count). The van der Waals surface area contributed by atoms with Gasteiger partial charge >= 0.3 is 0 Å². The van der Waals surface area contributed by atoms with E-state index in [-0.39, 0.29) is 5.91 Å². The molecule has 1 amide bonds. The molecule has 3 nitrogen and oxygen atoms in total.